The molecule has 0 fully saturated rings. The summed E-state index contributed by atoms with van der Waals surface area (Å²) in [5.74, 6) is -0.255. The summed E-state index contributed by atoms with van der Waals surface area (Å²) in [7, 11) is 2.96. The van der Waals surface area contributed by atoms with E-state index in [1.54, 1.807) is 18.2 Å². The Balaban J connectivity index is 2.51. The van der Waals surface area contributed by atoms with Gasteiger partial charge in [-0.25, -0.2) is 15.0 Å². The van der Waals surface area contributed by atoms with Crippen molar-refractivity contribution in [1.29, 1.82) is 0 Å². The van der Waals surface area contributed by atoms with Crippen LogP contribution in [0.4, 0.5) is 0 Å². The first-order valence-corrected chi connectivity index (χ1v) is 5.23. The molecule has 0 bridgehead atoms. The Morgan fingerprint density at radius 2 is 2.18 bits per heavy atom. The quantitative estimate of drug-likeness (QED) is 0.604. The molecule has 1 aromatic carbocycles. The van der Waals surface area contributed by atoms with E-state index in [4.69, 9.17) is 16.4 Å². The number of carbonyl (C=O) groups is 1. The predicted octanol–water partition coefficient (Wildman–Crippen LogP) is 1.92. The summed E-state index contributed by atoms with van der Waals surface area (Å²) in [6, 6.07) is 5.04. The van der Waals surface area contributed by atoms with Crippen molar-refractivity contribution in [2.24, 2.45) is 0 Å². The first-order chi connectivity index (χ1) is 8.13. The van der Waals surface area contributed by atoms with Crippen LogP contribution in [0.2, 0.25) is 5.15 Å². The Morgan fingerprint density at radius 3 is 2.88 bits per heavy atom. The number of halogens is 1. The van der Waals surface area contributed by atoms with E-state index in [2.05, 4.69) is 9.97 Å². The highest BCUT2D eigenvalue weighted by atomic mass is 35.5. The smallest absolute Gasteiger partial charge is 0.274 e. The second-order valence-electron chi connectivity index (χ2n) is 3.38. The molecule has 2 aromatic rings. The maximum atomic E-state index is 11.8. The van der Waals surface area contributed by atoms with Crippen LogP contribution < -0.4 is 0 Å². The molecular weight excluding hydrogens is 242 g/mol. The van der Waals surface area contributed by atoms with Crippen molar-refractivity contribution in [2.45, 2.75) is 0 Å². The summed E-state index contributed by atoms with van der Waals surface area (Å²) in [6.07, 6.45) is 1.38. The normalized spacial score (nSPS) is 10.5. The van der Waals surface area contributed by atoms with Crippen LogP contribution in [0.15, 0.2) is 24.5 Å². The Bertz CT molecular complexity index is 574. The maximum absolute atomic E-state index is 11.8. The average Bonchev–Trinajstić information content (AvgIpc) is 2.37. The molecule has 1 amide bonds. The van der Waals surface area contributed by atoms with Crippen molar-refractivity contribution in [2.75, 3.05) is 14.2 Å². The fourth-order valence-corrected chi connectivity index (χ4v) is 1.62. The molecule has 0 spiro atoms. The zero-order valence-electron chi connectivity index (χ0n) is 9.35. The van der Waals surface area contributed by atoms with Gasteiger partial charge in [-0.3, -0.25) is 9.63 Å². The predicted molar refractivity (Wildman–Crippen MR) is 63.7 cm³/mol. The average molecular weight is 252 g/mol. The second-order valence-corrected chi connectivity index (χ2v) is 3.74. The Labute approximate surface area is 103 Å². The molecule has 0 saturated heterocycles. The third-order valence-electron chi connectivity index (χ3n) is 2.39. The highest BCUT2D eigenvalue weighted by molar-refractivity contribution is 6.34. The van der Waals surface area contributed by atoms with E-state index in [-0.39, 0.29) is 5.91 Å². The number of benzene rings is 1. The lowest BCUT2D eigenvalue weighted by atomic mass is 10.1. The zero-order chi connectivity index (χ0) is 12.4. The highest BCUT2D eigenvalue weighted by Gasteiger charge is 2.12. The highest BCUT2D eigenvalue weighted by Crippen LogP contribution is 2.20. The fourth-order valence-electron chi connectivity index (χ4n) is 1.42. The molecule has 0 aliphatic rings. The van der Waals surface area contributed by atoms with Crippen LogP contribution in [-0.4, -0.2) is 35.1 Å². The lowest BCUT2D eigenvalue weighted by molar-refractivity contribution is -0.0756. The largest absolute Gasteiger partial charge is 0.277 e. The molecule has 5 nitrogen and oxygen atoms in total. The summed E-state index contributed by atoms with van der Waals surface area (Å²) >= 11 is 5.94. The van der Waals surface area contributed by atoms with E-state index < -0.39 is 0 Å². The van der Waals surface area contributed by atoms with Crippen molar-refractivity contribution >= 4 is 28.4 Å². The SMILES string of the molecule is CON(C)C(=O)c1ccc2ncnc(Cl)c2c1. The third kappa shape index (κ3) is 2.20. The van der Waals surface area contributed by atoms with Crippen molar-refractivity contribution in [1.82, 2.24) is 15.0 Å². The van der Waals surface area contributed by atoms with Gasteiger partial charge in [0.05, 0.1) is 12.6 Å². The van der Waals surface area contributed by atoms with Gasteiger partial charge in [0.25, 0.3) is 5.91 Å². The molecule has 6 heteroatoms. The number of nitrogens with zero attached hydrogens (tertiary/aromatic N) is 3. The van der Waals surface area contributed by atoms with Gasteiger partial charge in [0.1, 0.15) is 11.5 Å². The van der Waals surface area contributed by atoms with Crippen LogP contribution in [0, 0.1) is 0 Å². The lowest BCUT2D eigenvalue weighted by Gasteiger charge is -2.13. The standard InChI is InChI=1S/C11H10ClN3O2/c1-15(17-2)11(16)7-3-4-9-8(5-7)10(12)14-6-13-9/h3-6H,1-2H3. The molecule has 0 atom stereocenters. The third-order valence-corrected chi connectivity index (χ3v) is 2.69. The van der Waals surface area contributed by atoms with Crippen LogP contribution in [0.25, 0.3) is 10.9 Å². The minimum atomic E-state index is -0.255. The van der Waals surface area contributed by atoms with Gasteiger partial charge in [-0.1, -0.05) is 11.6 Å². The van der Waals surface area contributed by atoms with Gasteiger partial charge in [-0.2, -0.15) is 0 Å². The van der Waals surface area contributed by atoms with E-state index in [0.29, 0.717) is 21.6 Å². The molecule has 0 saturated carbocycles. The van der Waals surface area contributed by atoms with Gasteiger partial charge < -0.3 is 0 Å². The molecule has 1 aromatic heterocycles. The Hall–Kier alpha value is -1.72. The van der Waals surface area contributed by atoms with Crippen LogP contribution in [0.3, 0.4) is 0 Å². The van der Waals surface area contributed by atoms with Gasteiger partial charge in [0, 0.05) is 18.0 Å². The Morgan fingerprint density at radius 1 is 1.41 bits per heavy atom. The van der Waals surface area contributed by atoms with Crippen LogP contribution in [-0.2, 0) is 4.84 Å². The number of rotatable bonds is 2. The topological polar surface area (TPSA) is 55.3 Å². The first kappa shape index (κ1) is 11.8. The van der Waals surface area contributed by atoms with Crippen molar-refractivity contribution in [3.63, 3.8) is 0 Å². The number of aromatic nitrogens is 2. The molecular formula is C11H10ClN3O2. The summed E-state index contributed by atoms with van der Waals surface area (Å²) in [4.78, 5) is 24.6. The summed E-state index contributed by atoms with van der Waals surface area (Å²) in [5, 5.41) is 2.10. The molecule has 0 N–H and O–H groups in total. The van der Waals surface area contributed by atoms with E-state index in [9.17, 15) is 4.79 Å². The van der Waals surface area contributed by atoms with Crippen LogP contribution >= 0.6 is 11.6 Å². The maximum Gasteiger partial charge on any atom is 0.277 e. The number of hydroxylamine groups is 2. The van der Waals surface area contributed by atoms with Crippen LogP contribution in [0.5, 0.6) is 0 Å². The van der Waals surface area contributed by atoms with Gasteiger partial charge in [0.15, 0.2) is 0 Å². The molecule has 0 unspecified atom stereocenters. The van der Waals surface area contributed by atoms with Gasteiger partial charge >= 0.3 is 0 Å². The minimum absolute atomic E-state index is 0.255. The second kappa shape index (κ2) is 4.65. The van der Waals surface area contributed by atoms with E-state index in [0.717, 1.165) is 5.06 Å². The van der Waals surface area contributed by atoms with E-state index in [1.165, 1.54) is 20.5 Å². The molecule has 0 radical (unpaired) electrons. The van der Waals surface area contributed by atoms with Gasteiger partial charge in [-0.15, -0.1) is 0 Å². The molecule has 88 valence electrons. The zero-order valence-corrected chi connectivity index (χ0v) is 10.1. The lowest BCUT2D eigenvalue weighted by Crippen LogP contribution is -2.25. The van der Waals surface area contributed by atoms with Crippen molar-refractivity contribution < 1.29 is 9.63 Å². The number of amides is 1. The van der Waals surface area contributed by atoms with Crippen molar-refractivity contribution in [3.8, 4) is 0 Å². The van der Waals surface area contributed by atoms with Crippen molar-refractivity contribution in [3.05, 3.63) is 35.2 Å². The van der Waals surface area contributed by atoms with Gasteiger partial charge in [-0.05, 0) is 18.2 Å². The summed E-state index contributed by atoms with van der Waals surface area (Å²) in [6.45, 7) is 0. The molecule has 2 rings (SSSR count). The number of fused-ring (bicyclic) bond motifs is 1. The number of hydrogen-bond donors (Lipinski definition) is 0. The van der Waals surface area contributed by atoms with E-state index >= 15 is 0 Å². The fraction of sp³-hybridized carbons (Fsp3) is 0.182. The Kier molecular flexibility index (Phi) is 3.21. The monoisotopic (exact) mass is 251 g/mol. The molecule has 17 heavy (non-hydrogen) atoms. The number of hydrogen-bond acceptors (Lipinski definition) is 4. The van der Waals surface area contributed by atoms with E-state index in [1.807, 2.05) is 0 Å². The molecule has 0 aliphatic heterocycles. The minimum Gasteiger partial charge on any atom is -0.274 e. The molecule has 1 heterocycles. The summed E-state index contributed by atoms with van der Waals surface area (Å²) in [5.41, 5.74) is 1.17. The van der Waals surface area contributed by atoms with Crippen LogP contribution in [0.1, 0.15) is 10.4 Å². The molecule has 0 aliphatic carbocycles. The summed E-state index contributed by atoms with van der Waals surface area (Å²) < 4.78 is 0. The van der Waals surface area contributed by atoms with Gasteiger partial charge in [0.2, 0.25) is 0 Å². The number of carbonyl (C=O) groups excluding carboxylic acids is 1. The first-order valence-electron chi connectivity index (χ1n) is 4.86.